The van der Waals surface area contributed by atoms with E-state index in [-0.39, 0.29) is 31.1 Å². The number of esters is 3. The van der Waals surface area contributed by atoms with E-state index < -0.39 is 6.10 Å². The molecule has 0 aromatic carbocycles. The third-order valence-corrected chi connectivity index (χ3v) is 13.9. The number of unbranched alkanes of at least 4 members (excludes halogenated alkanes) is 40. The summed E-state index contributed by atoms with van der Waals surface area (Å²) < 4.78 is 16.9. The van der Waals surface area contributed by atoms with Crippen molar-refractivity contribution in [1.29, 1.82) is 0 Å². The number of carbonyl (C=O) groups is 3. The Morgan fingerprint density at radius 1 is 0.286 bits per heavy atom. The van der Waals surface area contributed by atoms with Gasteiger partial charge in [-0.1, -0.05) is 276 Å². The van der Waals surface area contributed by atoms with Crippen molar-refractivity contribution >= 4 is 17.9 Å². The van der Waals surface area contributed by atoms with Gasteiger partial charge in [0.15, 0.2) is 6.10 Å². The van der Waals surface area contributed by atoms with E-state index in [4.69, 9.17) is 14.2 Å². The first kappa shape index (κ1) is 67.6. The van der Waals surface area contributed by atoms with E-state index in [2.05, 4.69) is 57.2 Å². The van der Waals surface area contributed by atoms with Crippen molar-refractivity contribution in [2.75, 3.05) is 13.2 Å². The van der Waals surface area contributed by atoms with E-state index in [1.165, 1.54) is 231 Å². The van der Waals surface area contributed by atoms with E-state index in [9.17, 15) is 14.4 Å². The van der Waals surface area contributed by atoms with Crippen LogP contribution in [0, 0.1) is 0 Å². The molecule has 1 unspecified atom stereocenters. The van der Waals surface area contributed by atoms with Crippen LogP contribution in [0.2, 0.25) is 0 Å². The summed E-state index contributed by atoms with van der Waals surface area (Å²) in [6.07, 6.45) is 71.6. The van der Waals surface area contributed by atoms with Gasteiger partial charge in [0.25, 0.3) is 0 Å². The van der Waals surface area contributed by atoms with Gasteiger partial charge >= 0.3 is 17.9 Å². The molecule has 0 heterocycles. The minimum Gasteiger partial charge on any atom is -0.462 e. The zero-order valence-electron chi connectivity index (χ0n) is 47.1. The molecule has 0 aliphatic heterocycles. The molecule has 0 aliphatic carbocycles. The topological polar surface area (TPSA) is 78.9 Å². The Hall–Kier alpha value is -2.37. The van der Waals surface area contributed by atoms with Gasteiger partial charge in [-0.05, 0) is 77.0 Å². The standard InChI is InChI=1S/C64H118O6/c1-4-7-10-13-16-19-21-23-25-27-29-30-31-32-33-34-35-37-38-40-42-45-48-51-54-57-63(66)69-60-61(59-68-62(65)56-53-50-47-44-18-15-12-9-6-3)70-64(67)58-55-52-49-46-43-41-39-36-28-26-24-22-20-17-14-11-8-5-2/h21,23,26-29,61H,4-20,22,24-25,30-60H2,1-3H3/b23-21-,28-26-,29-27-. The molecule has 0 N–H and O–H groups in total. The molecule has 0 aromatic rings. The smallest absolute Gasteiger partial charge is 0.306 e. The lowest BCUT2D eigenvalue weighted by Gasteiger charge is -2.18. The third-order valence-electron chi connectivity index (χ3n) is 13.9. The lowest BCUT2D eigenvalue weighted by molar-refractivity contribution is -0.167. The van der Waals surface area contributed by atoms with Crippen LogP contribution >= 0.6 is 0 Å². The van der Waals surface area contributed by atoms with E-state index in [0.717, 1.165) is 64.2 Å². The minimum absolute atomic E-state index is 0.0702. The van der Waals surface area contributed by atoms with Gasteiger partial charge in [-0.2, -0.15) is 0 Å². The summed E-state index contributed by atoms with van der Waals surface area (Å²) in [7, 11) is 0. The lowest BCUT2D eigenvalue weighted by atomic mass is 10.0. The van der Waals surface area contributed by atoms with Gasteiger partial charge in [-0.25, -0.2) is 0 Å². The zero-order chi connectivity index (χ0) is 50.7. The fourth-order valence-corrected chi connectivity index (χ4v) is 9.18. The van der Waals surface area contributed by atoms with Crippen molar-refractivity contribution in [2.24, 2.45) is 0 Å². The highest BCUT2D eigenvalue weighted by Gasteiger charge is 2.19. The number of allylic oxidation sites excluding steroid dienone is 6. The Morgan fingerprint density at radius 3 is 0.800 bits per heavy atom. The predicted octanol–water partition coefficient (Wildman–Crippen LogP) is 20.8. The molecule has 0 bridgehead atoms. The Morgan fingerprint density at radius 2 is 0.514 bits per heavy atom. The molecule has 6 heteroatoms. The summed E-state index contributed by atoms with van der Waals surface area (Å²) >= 11 is 0. The van der Waals surface area contributed by atoms with Crippen LogP contribution in [0.1, 0.15) is 335 Å². The quantitative estimate of drug-likeness (QED) is 0.0261. The average Bonchev–Trinajstić information content (AvgIpc) is 3.36. The van der Waals surface area contributed by atoms with Gasteiger partial charge in [0.05, 0.1) is 0 Å². The second kappa shape index (κ2) is 59.2. The Bertz CT molecular complexity index is 1170. The molecule has 0 aromatic heterocycles. The molecule has 6 nitrogen and oxygen atoms in total. The maximum absolute atomic E-state index is 12.9. The molecule has 0 radical (unpaired) electrons. The Kier molecular flexibility index (Phi) is 57.2. The molecular weight excluding hydrogens is 865 g/mol. The Labute approximate surface area is 435 Å². The summed E-state index contributed by atoms with van der Waals surface area (Å²) in [4.78, 5) is 38.1. The number of ether oxygens (including phenoxy) is 3. The molecule has 0 aliphatic rings. The summed E-state index contributed by atoms with van der Waals surface area (Å²) in [5.74, 6) is -0.859. The molecule has 0 saturated carbocycles. The number of rotatable bonds is 57. The van der Waals surface area contributed by atoms with Crippen molar-refractivity contribution in [3.05, 3.63) is 36.5 Å². The van der Waals surface area contributed by atoms with Crippen LogP contribution in [0.15, 0.2) is 36.5 Å². The van der Waals surface area contributed by atoms with Crippen LogP contribution in [0.5, 0.6) is 0 Å². The first-order valence-corrected chi connectivity index (χ1v) is 31.0. The van der Waals surface area contributed by atoms with E-state index in [1.807, 2.05) is 0 Å². The number of hydrogen-bond acceptors (Lipinski definition) is 6. The number of hydrogen-bond donors (Lipinski definition) is 0. The second-order valence-corrected chi connectivity index (χ2v) is 21.0. The van der Waals surface area contributed by atoms with Crippen LogP contribution in [-0.4, -0.2) is 37.2 Å². The van der Waals surface area contributed by atoms with Crippen LogP contribution in [0.3, 0.4) is 0 Å². The van der Waals surface area contributed by atoms with Crippen molar-refractivity contribution in [1.82, 2.24) is 0 Å². The van der Waals surface area contributed by atoms with Gasteiger partial charge < -0.3 is 14.2 Å². The fraction of sp³-hybridized carbons (Fsp3) is 0.859. The van der Waals surface area contributed by atoms with Gasteiger partial charge in [0.1, 0.15) is 13.2 Å². The minimum atomic E-state index is -0.771. The van der Waals surface area contributed by atoms with Crippen LogP contribution < -0.4 is 0 Å². The van der Waals surface area contributed by atoms with E-state index in [1.54, 1.807) is 0 Å². The molecule has 0 rings (SSSR count). The van der Waals surface area contributed by atoms with Gasteiger partial charge in [0, 0.05) is 19.3 Å². The van der Waals surface area contributed by atoms with Gasteiger partial charge in [-0.3, -0.25) is 14.4 Å². The van der Waals surface area contributed by atoms with Gasteiger partial charge in [-0.15, -0.1) is 0 Å². The third kappa shape index (κ3) is 56.5. The summed E-state index contributed by atoms with van der Waals surface area (Å²) in [6, 6.07) is 0. The molecule has 0 amide bonds. The van der Waals surface area contributed by atoms with Crippen molar-refractivity contribution in [3.8, 4) is 0 Å². The highest BCUT2D eigenvalue weighted by Crippen LogP contribution is 2.17. The molecule has 1 atom stereocenters. The highest BCUT2D eigenvalue weighted by atomic mass is 16.6. The monoisotopic (exact) mass is 983 g/mol. The maximum Gasteiger partial charge on any atom is 0.306 e. The van der Waals surface area contributed by atoms with Crippen molar-refractivity contribution in [3.63, 3.8) is 0 Å². The number of carbonyl (C=O) groups excluding carboxylic acids is 3. The predicted molar refractivity (Wildman–Crippen MR) is 302 cm³/mol. The van der Waals surface area contributed by atoms with Crippen molar-refractivity contribution < 1.29 is 28.6 Å². The maximum atomic E-state index is 12.9. The SMILES string of the molecule is CCCCCCC/C=C\C/C=C\CCCCCCCCCCCCCCCC(=O)OCC(COC(=O)CCCCCCCCCCC)OC(=O)CCCCCCCCC/C=C\CCCCCCCCC. The first-order chi connectivity index (χ1) is 34.5. The van der Waals surface area contributed by atoms with Crippen LogP contribution in [0.4, 0.5) is 0 Å². The van der Waals surface area contributed by atoms with Gasteiger partial charge in [0.2, 0.25) is 0 Å². The first-order valence-electron chi connectivity index (χ1n) is 31.0. The summed E-state index contributed by atoms with van der Waals surface area (Å²) in [6.45, 7) is 6.65. The molecule has 70 heavy (non-hydrogen) atoms. The molecule has 410 valence electrons. The van der Waals surface area contributed by atoms with E-state index in [0.29, 0.717) is 19.3 Å². The van der Waals surface area contributed by atoms with Crippen LogP contribution in [0.25, 0.3) is 0 Å². The van der Waals surface area contributed by atoms with Crippen molar-refractivity contribution in [2.45, 2.75) is 341 Å². The zero-order valence-corrected chi connectivity index (χ0v) is 47.1. The fourth-order valence-electron chi connectivity index (χ4n) is 9.18. The van der Waals surface area contributed by atoms with E-state index >= 15 is 0 Å². The normalized spacial score (nSPS) is 12.2. The summed E-state index contributed by atoms with van der Waals surface area (Å²) in [5, 5.41) is 0. The van der Waals surface area contributed by atoms with Crippen LogP contribution in [-0.2, 0) is 28.6 Å². The second-order valence-electron chi connectivity index (χ2n) is 21.0. The molecule has 0 fully saturated rings. The average molecular weight is 984 g/mol. The molecule has 0 saturated heterocycles. The lowest BCUT2D eigenvalue weighted by Crippen LogP contribution is -2.30. The summed E-state index contributed by atoms with van der Waals surface area (Å²) in [5.41, 5.74) is 0. The highest BCUT2D eigenvalue weighted by molar-refractivity contribution is 5.71. The molecule has 0 spiro atoms. The molecular formula is C64H118O6. The Balaban J connectivity index is 4.18. The largest absolute Gasteiger partial charge is 0.462 e.